The summed E-state index contributed by atoms with van der Waals surface area (Å²) in [5, 5.41) is 0. The Morgan fingerprint density at radius 2 is 0.778 bits per heavy atom. The summed E-state index contributed by atoms with van der Waals surface area (Å²) >= 11 is 0. The van der Waals surface area contributed by atoms with E-state index in [1.807, 2.05) is 0 Å². The van der Waals surface area contributed by atoms with Gasteiger partial charge in [-0.25, -0.2) is 0 Å². The standard InChI is InChI=1S/C16H34P2/c1-3-5-7-9-11-13-15-17-18-16-14-12-10-8-6-4-2/h3-16H2,1-2H3. The van der Waals surface area contributed by atoms with Gasteiger partial charge in [0.15, 0.2) is 0 Å². The van der Waals surface area contributed by atoms with Crippen molar-refractivity contribution in [2.75, 3.05) is 12.3 Å². The first-order valence-electron chi connectivity index (χ1n) is 8.25. The van der Waals surface area contributed by atoms with E-state index in [1.54, 1.807) is 16.5 Å². The smallest absolute Gasteiger partial charge is 0.0242 e. The fourth-order valence-electron chi connectivity index (χ4n) is 2.07. The molecule has 0 spiro atoms. The Hall–Kier alpha value is 0.860. The van der Waals surface area contributed by atoms with Crippen molar-refractivity contribution in [2.24, 2.45) is 0 Å². The second-order valence-corrected chi connectivity index (χ2v) is 8.42. The van der Waals surface area contributed by atoms with Gasteiger partial charge < -0.3 is 0 Å². The van der Waals surface area contributed by atoms with Crippen molar-refractivity contribution < 1.29 is 0 Å². The van der Waals surface area contributed by atoms with E-state index in [1.165, 1.54) is 89.4 Å². The molecule has 0 aromatic heterocycles. The van der Waals surface area contributed by atoms with Gasteiger partial charge in [-0.3, -0.25) is 0 Å². The summed E-state index contributed by atoms with van der Waals surface area (Å²) in [4.78, 5) is 0. The Balaban J connectivity index is 2.86. The summed E-state index contributed by atoms with van der Waals surface area (Å²) in [5.74, 6) is 0. The maximum absolute atomic E-state index is 2.29. The molecule has 0 nitrogen and oxygen atoms in total. The van der Waals surface area contributed by atoms with E-state index in [-0.39, 0.29) is 0 Å². The summed E-state index contributed by atoms with van der Waals surface area (Å²) in [6.45, 7) is 4.58. The molecule has 0 atom stereocenters. The van der Waals surface area contributed by atoms with Crippen LogP contribution in [0.2, 0.25) is 0 Å². The predicted octanol–water partition coefficient (Wildman–Crippen LogP) is 7.51. The van der Waals surface area contributed by atoms with Crippen LogP contribution in [0.1, 0.15) is 90.9 Å². The third-order valence-corrected chi connectivity index (χ3v) is 6.36. The quantitative estimate of drug-likeness (QED) is 0.216. The first-order valence-corrected chi connectivity index (χ1v) is 11.1. The van der Waals surface area contributed by atoms with Crippen molar-refractivity contribution in [3.05, 3.63) is 0 Å². The van der Waals surface area contributed by atoms with Crippen LogP contribution in [0.3, 0.4) is 0 Å². The molecule has 2 heteroatoms. The largest absolute Gasteiger partial charge is 0.0654 e. The van der Waals surface area contributed by atoms with Gasteiger partial charge in [0.1, 0.15) is 0 Å². The average Bonchev–Trinajstić information content (AvgIpc) is 2.39. The van der Waals surface area contributed by atoms with E-state index in [0.717, 1.165) is 0 Å². The lowest BCUT2D eigenvalue weighted by molar-refractivity contribution is 0.626. The van der Waals surface area contributed by atoms with Crippen LogP contribution >= 0.6 is 16.5 Å². The van der Waals surface area contributed by atoms with E-state index in [2.05, 4.69) is 13.8 Å². The molecule has 18 heavy (non-hydrogen) atoms. The van der Waals surface area contributed by atoms with Crippen molar-refractivity contribution in [3.63, 3.8) is 0 Å². The average molecular weight is 288 g/mol. The first-order chi connectivity index (χ1) is 8.91. The number of rotatable bonds is 15. The molecule has 2 radical (unpaired) electrons. The third kappa shape index (κ3) is 16.9. The SMILES string of the molecule is CCCCCCCC[P][P]CCCCCCCC. The summed E-state index contributed by atoms with van der Waals surface area (Å²) < 4.78 is 0. The predicted molar refractivity (Wildman–Crippen MR) is 90.3 cm³/mol. The molecule has 0 N–H and O–H groups in total. The molecule has 0 aromatic carbocycles. The highest BCUT2D eigenvalue weighted by Crippen LogP contribution is 2.38. The molecule has 108 valence electrons. The summed E-state index contributed by atoms with van der Waals surface area (Å²) in [5.41, 5.74) is 0. The Bertz CT molecular complexity index is 121. The summed E-state index contributed by atoms with van der Waals surface area (Å²) in [6, 6.07) is 0. The third-order valence-electron chi connectivity index (χ3n) is 3.32. The Morgan fingerprint density at radius 3 is 1.17 bits per heavy atom. The Kier molecular flexibility index (Phi) is 18.7. The van der Waals surface area contributed by atoms with Crippen LogP contribution in [0.25, 0.3) is 0 Å². The van der Waals surface area contributed by atoms with Crippen molar-refractivity contribution in [1.82, 2.24) is 0 Å². The molecular formula is C16H34P2. The van der Waals surface area contributed by atoms with Crippen molar-refractivity contribution >= 4 is 16.5 Å². The lowest BCUT2D eigenvalue weighted by atomic mass is 10.1. The molecule has 0 rings (SSSR count). The zero-order valence-electron chi connectivity index (χ0n) is 12.8. The van der Waals surface area contributed by atoms with Gasteiger partial charge in [-0.15, -0.1) is 0 Å². The normalized spacial score (nSPS) is 12.3. The lowest BCUT2D eigenvalue weighted by Gasteiger charge is -2.02. The van der Waals surface area contributed by atoms with Crippen LogP contribution < -0.4 is 0 Å². The van der Waals surface area contributed by atoms with Gasteiger partial charge in [0, 0.05) is 0 Å². The van der Waals surface area contributed by atoms with Gasteiger partial charge in [0.2, 0.25) is 0 Å². The van der Waals surface area contributed by atoms with Crippen molar-refractivity contribution in [3.8, 4) is 0 Å². The summed E-state index contributed by atoms with van der Waals surface area (Å²) in [6.07, 6.45) is 20.3. The van der Waals surface area contributed by atoms with Crippen LogP contribution in [0.15, 0.2) is 0 Å². The van der Waals surface area contributed by atoms with Gasteiger partial charge in [0.05, 0.1) is 0 Å². The number of hydrogen-bond acceptors (Lipinski definition) is 0. The minimum atomic E-state index is 1.37. The highest BCUT2D eigenvalue weighted by molar-refractivity contribution is 8.11. The highest BCUT2D eigenvalue weighted by atomic mass is 32.0. The van der Waals surface area contributed by atoms with Gasteiger partial charge in [-0.1, -0.05) is 78.1 Å². The minimum Gasteiger partial charge on any atom is -0.0654 e. The monoisotopic (exact) mass is 288 g/mol. The van der Waals surface area contributed by atoms with Gasteiger partial charge in [-0.05, 0) is 41.7 Å². The second-order valence-electron chi connectivity index (χ2n) is 5.27. The molecule has 0 aliphatic heterocycles. The molecule has 0 unspecified atom stereocenters. The van der Waals surface area contributed by atoms with E-state index in [4.69, 9.17) is 0 Å². The van der Waals surface area contributed by atoms with Gasteiger partial charge in [-0.2, -0.15) is 0 Å². The molecule has 0 fully saturated rings. The molecule has 0 saturated heterocycles. The van der Waals surface area contributed by atoms with Crippen LogP contribution in [0.4, 0.5) is 0 Å². The number of hydrogen-bond donors (Lipinski definition) is 0. The fraction of sp³-hybridized carbons (Fsp3) is 1.00. The maximum Gasteiger partial charge on any atom is -0.0242 e. The molecular weight excluding hydrogens is 254 g/mol. The van der Waals surface area contributed by atoms with E-state index >= 15 is 0 Å². The lowest BCUT2D eigenvalue weighted by Crippen LogP contribution is -1.81. The molecule has 0 aliphatic rings. The molecule has 0 aliphatic carbocycles. The fourth-order valence-corrected chi connectivity index (χ4v) is 4.78. The van der Waals surface area contributed by atoms with E-state index in [9.17, 15) is 0 Å². The zero-order valence-corrected chi connectivity index (χ0v) is 14.6. The van der Waals surface area contributed by atoms with E-state index in [0.29, 0.717) is 0 Å². The maximum atomic E-state index is 2.29. The van der Waals surface area contributed by atoms with Crippen LogP contribution in [-0.4, -0.2) is 12.3 Å². The van der Waals surface area contributed by atoms with Crippen molar-refractivity contribution in [1.29, 1.82) is 0 Å². The molecule has 0 aromatic rings. The first kappa shape index (κ1) is 18.9. The minimum absolute atomic E-state index is 1.37. The van der Waals surface area contributed by atoms with Crippen molar-refractivity contribution in [2.45, 2.75) is 90.9 Å². The Morgan fingerprint density at radius 1 is 0.444 bits per heavy atom. The number of unbranched alkanes of at least 4 members (excludes halogenated alkanes) is 10. The van der Waals surface area contributed by atoms with Crippen LogP contribution in [-0.2, 0) is 0 Å². The van der Waals surface area contributed by atoms with Crippen LogP contribution in [0.5, 0.6) is 0 Å². The molecule has 0 amide bonds. The molecule has 0 heterocycles. The highest BCUT2D eigenvalue weighted by Gasteiger charge is 1.94. The zero-order chi connectivity index (χ0) is 13.3. The molecule has 0 saturated carbocycles. The van der Waals surface area contributed by atoms with Gasteiger partial charge >= 0.3 is 0 Å². The molecule has 0 bridgehead atoms. The van der Waals surface area contributed by atoms with E-state index < -0.39 is 0 Å². The Labute approximate surface area is 120 Å². The summed E-state index contributed by atoms with van der Waals surface area (Å²) in [7, 11) is 3.39. The van der Waals surface area contributed by atoms with Crippen LogP contribution in [0, 0.1) is 0 Å². The second kappa shape index (κ2) is 17.9. The van der Waals surface area contributed by atoms with Gasteiger partial charge in [0.25, 0.3) is 0 Å². The topological polar surface area (TPSA) is 0 Å².